The van der Waals surface area contributed by atoms with Crippen molar-refractivity contribution in [1.82, 2.24) is 10.9 Å². The van der Waals surface area contributed by atoms with Crippen LogP contribution in [0.25, 0.3) is 0 Å². The molecule has 0 atom stereocenters. The zero-order valence-electron chi connectivity index (χ0n) is 22.8. The first-order valence-corrected chi connectivity index (χ1v) is 14.6. The van der Waals surface area contributed by atoms with Crippen LogP contribution in [0.3, 0.4) is 0 Å². The topological polar surface area (TPSA) is 141 Å². The van der Waals surface area contributed by atoms with Crippen molar-refractivity contribution in [2.45, 2.75) is 26.7 Å². The van der Waals surface area contributed by atoms with Crippen LogP contribution < -0.4 is 21.5 Å². The molecule has 0 aliphatic carbocycles. The molecule has 2 aromatic carbocycles. The molecule has 0 aliphatic heterocycles. The Morgan fingerprint density at radius 2 is 0.976 bits per heavy atom. The van der Waals surface area contributed by atoms with Gasteiger partial charge in [-0.3, -0.25) is 19.2 Å². The van der Waals surface area contributed by atoms with Gasteiger partial charge in [0, 0.05) is 24.2 Å². The summed E-state index contributed by atoms with van der Waals surface area (Å²) in [6, 6.07) is 21.3. The number of thiophene rings is 2. The Kier molecular flexibility index (Phi) is 10.5. The maximum atomic E-state index is 12.2. The molecule has 12 heteroatoms. The molecule has 0 spiro atoms. The summed E-state index contributed by atoms with van der Waals surface area (Å²) in [4.78, 5) is 50.0. The monoisotopic (exact) mass is 600 g/mol. The number of hydrogen-bond donors (Lipinski definition) is 4. The summed E-state index contributed by atoms with van der Waals surface area (Å²) in [5.41, 5.74) is 8.88. The van der Waals surface area contributed by atoms with Crippen molar-refractivity contribution in [3.8, 4) is 0 Å². The zero-order chi connectivity index (χ0) is 29.9. The van der Waals surface area contributed by atoms with Crippen LogP contribution in [0.4, 0.5) is 11.4 Å². The third-order valence-electron chi connectivity index (χ3n) is 5.89. The standard InChI is InChI=1S/C30H28N6O4S2/c1-19(21-7-11-23(12-8-21)31-29(39)25-5-3-17-41-25)33-35-27(37)15-16-28(38)36-34-20(2)22-9-13-24(14-10-22)32-30(40)26-6-4-18-42-26/h3-14,17-18H,15-16H2,1-2H3,(H,31,39)(H,32,40)(H,35,37)(H,36,38). The van der Waals surface area contributed by atoms with Crippen LogP contribution in [0.1, 0.15) is 57.2 Å². The van der Waals surface area contributed by atoms with Gasteiger partial charge in [-0.15, -0.1) is 22.7 Å². The van der Waals surface area contributed by atoms with Gasteiger partial charge in [0.25, 0.3) is 11.8 Å². The molecule has 4 N–H and O–H groups in total. The predicted octanol–water partition coefficient (Wildman–Crippen LogP) is 5.48. The number of anilines is 2. The number of carbonyl (C=O) groups excluding carboxylic acids is 4. The highest BCUT2D eigenvalue weighted by Crippen LogP contribution is 2.16. The van der Waals surface area contributed by atoms with E-state index in [9.17, 15) is 19.2 Å². The first-order valence-electron chi connectivity index (χ1n) is 12.9. The molecule has 42 heavy (non-hydrogen) atoms. The van der Waals surface area contributed by atoms with E-state index in [2.05, 4.69) is 31.7 Å². The van der Waals surface area contributed by atoms with Crippen molar-refractivity contribution >= 4 is 69.1 Å². The predicted molar refractivity (Wildman–Crippen MR) is 167 cm³/mol. The van der Waals surface area contributed by atoms with E-state index in [1.54, 1.807) is 74.5 Å². The first-order chi connectivity index (χ1) is 20.3. The second-order valence-electron chi connectivity index (χ2n) is 8.98. The van der Waals surface area contributed by atoms with Crippen molar-refractivity contribution < 1.29 is 19.2 Å². The third-order valence-corrected chi connectivity index (χ3v) is 7.62. The quantitative estimate of drug-likeness (QED) is 0.134. The van der Waals surface area contributed by atoms with Gasteiger partial charge >= 0.3 is 0 Å². The average Bonchev–Trinajstić information content (AvgIpc) is 3.74. The number of nitrogens with zero attached hydrogens (tertiary/aromatic N) is 2. The molecule has 214 valence electrons. The lowest BCUT2D eigenvalue weighted by Crippen LogP contribution is -2.24. The van der Waals surface area contributed by atoms with E-state index in [1.165, 1.54) is 22.7 Å². The second kappa shape index (κ2) is 14.6. The fraction of sp³-hybridized carbons (Fsp3) is 0.133. The van der Waals surface area contributed by atoms with E-state index < -0.39 is 11.8 Å². The highest BCUT2D eigenvalue weighted by Gasteiger charge is 2.10. The van der Waals surface area contributed by atoms with Crippen molar-refractivity contribution in [3.63, 3.8) is 0 Å². The minimum atomic E-state index is -0.412. The van der Waals surface area contributed by atoms with Gasteiger partial charge in [-0.1, -0.05) is 36.4 Å². The smallest absolute Gasteiger partial charge is 0.265 e. The number of hydrogen-bond acceptors (Lipinski definition) is 8. The molecule has 0 radical (unpaired) electrons. The highest BCUT2D eigenvalue weighted by atomic mass is 32.1. The van der Waals surface area contributed by atoms with Crippen LogP contribution in [0, 0.1) is 0 Å². The van der Waals surface area contributed by atoms with Crippen LogP contribution in [-0.4, -0.2) is 35.1 Å². The lowest BCUT2D eigenvalue weighted by molar-refractivity contribution is -0.126. The number of hydrazone groups is 2. The van der Waals surface area contributed by atoms with Gasteiger partial charge in [0.15, 0.2) is 0 Å². The molecule has 2 aromatic heterocycles. The second-order valence-corrected chi connectivity index (χ2v) is 10.9. The summed E-state index contributed by atoms with van der Waals surface area (Å²) < 4.78 is 0. The number of rotatable bonds is 11. The highest BCUT2D eigenvalue weighted by molar-refractivity contribution is 7.12. The average molecular weight is 601 g/mol. The Labute approximate surface area is 250 Å². The summed E-state index contributed by atoms with van der Waals surface area (Å²) >= 11 is 2.73. The SMILES string of the molecule is CC(=NNC(=O)CCC(=O)NN=C(C)c1ccc(NC(=O)c2cccs2)cc1)c1ccc(NC(=O)c2cccs2)cc1. The summed E-state index contributed by atoms with van der Waals surface area (Å²) in [5.74, 6) is -1.17. The lowest BCUT2D eigenvalue weighted by Gasteiger charge is -2.07. The summed E-state index contributed by atoms with van der Waals surface area (Å²) in [5, 5.41) is 17.5. The molecule has 4 rings (SSSR count). The first kappa shape index (κ1) is 30.0. The largest absolute Gasteiger partial charge is 0.321 e. The van der Waals surface area contributed by atoms with E-state index in [4.69, 9.17) is 0 Å². The van der Waals surface area contributed by atoms with Crippen molar-refractivity contribution in [1.29, 1.82) is 0 Å². The Balaban J connectivity index is 1.18. The summed E-state index contributed by atoms with van der Waals surface area (Å²) in [7, 11) is 0. The molecule has 0 fully saturated rings. The number of nitrogens with one attached hydrogen (secondary N) is 4. The molecule has 2 heterocycles. The van der Waals surface area contributed by atoms with Crippen molar-refractivity contribution in [3.05, 3.63) is 104 Å². The molecule has 0 unspecified atom stereocenters. The van der Waals surface area contributed by atoms with E-state index in [0.29, 0.717) is 32.6 Å². The minimum Gasteiger partial charge on any atom is -0.321 e. The Morgan fingerprint density at radius 3 is 1.31 bits per heavy atom. The maximum absolute atomic E-state index is 12.2. The molecular formula is C30H28N6O4S2. The van der Waals surface area contributed by atoms with E-state index in [0.717, 1.165) is 11.1 Å². The van der Waals surface area contributed by atoms with Crippen molar-refractivity contribution in [2.24, 2.45) is 10.2 Å². The van der Waals surface area contributed by atoms with Gasteiger partial charge < -0.3 is 10.6 Å². The zero-order valence-corrected chi connectivity index (χ0v) is 24.5. The Bertz CT molecular complexity index is 1470. The molecule has 0 saturated carbocycles. The Morgan fingerprint density at radius 1 is 0.595 bits per heavy atom. The summed E-state index contributed by atoms with van der Waals surface area (Å²) in [6.45, 7) is 3.49. The Hall–Kier alpha value is -4.94. The number of benzene rings is 2. The van der Waals surface area contributed by atoms with Crippen molar-refractivity contribution in [2.75, 3.05) is 10.6 Å². The lowest BCUT2D eigenvalue weighted by atomic mass is 10.1. The van der Waals surface area contributed by atoms with Crippen LogP contribution in [0.15, 0.2) is 93.8 Å². The van der Waals surface area contributed by atoms with Gasteiger partial charge in [0.2, 0.25) is 11.8 Å². The fourth-order valence-corrected chi connectivity index (χ4v) is 4.79. The van der Waals surface area contributed by atoms with Crippen LogP contribution in [0.2, 0.25) is 0 Å². The normalized spacial score (nSPS) is 11.5. The summed E-state index contributed by atoms with van der Waals surface area (Å²) in [6.07, 6.45) is -0.132. The number of amides is 4. The van der Waals surface area contributed by atoms with Gasteiger partial charge in [-0.25, -0.2) is 10.9 Å². The molecule has 0 saturated heterocycles. The van der Waals surface area contributed by atoms with Gasteiger partial charge in [-0.05, 0) is 72.1 Å². The number of carbonyl (C=O) groups is 4. The third kappa shape index (κ3) is 8.78. The van der Waals surface area contributed by atoms with E-state index in [-0.39, 0.29) is 24.7 Å². The van der Waals surface area contributed by atoms with Gasteiger partial charge in [0.05, 0.1) is 21.2 Å². The molecule has 10 nitrogen and oxygen atoms in total. The molecular weight excluding hydrogens is 573 g/mol. The molecule has 0 bridgehead atoms. The maximum Gasteiger partial charge on any atom is 0.265 e. The van der Waals surface area contributed by atoms with Crippen LogP contribution in [-0.2, 0) is 9.59 Å². The van der Waals surface area contributed by atoms with E-state index >= 15 is 0 Å². The van der Waals surface area contributed by atoms with Gasteiger partial charge in [-0.2, -0.15) is 10.2 Å². The van der Waals surface area contributed by atoms with Crippen LogP contribution in [0.5, 0.6) is 0 Å². The molecule has 4 amide bonds. The van der Waals surface area contributed by atoms with Gasteiger partial charge in [0.1, 0.15) is 0 Å². The van der Waals surface area contributed by atoms with Crippen LogP contribution >= 0.6 is 22.7 Å². The minimum absolute atomic E-state index is 0.0660. The fourth-order valence-electron chi connectivity index (χ4n) is 3.55. The van der Waals surface area contributed by atoms with E-state index in [1.807, 2.05) is 22.9 Å². The molecule has 4 aromatic rings. The molecule has 0 aliphatic rings.